The van der Waals surface area contributed by atoms with E-state index in [0.717, 1.165) is 11.1 Å². The summed E-state index contributed by atoms with van der Waals surface area (Å²) in [5, 5.41) is 1.96. The monoisotopic (exact) mass is 313 g/mol. The maximum Gasteiger partial charge on any atom is 0.471 e. The highest BCUT2D eigenvalue weighted by Crippen LogP contribution is 2.34. The lowest BCUT2D eigenvalue weighted by atomic mass is 9.86. The van der Waals surface area contributed by atoms with Crippen molar-refractivity contribution in [2.24, 2.45) is 0 Å². The van der Waals surface area contributed by atoms with Crippen LogP contribution < -0.4 is 5.32 Å². The number of aryl methyl sites for hydroxylation is 2. The van der Waals surface area contributed by atoms with Crippen LogP contribution in [0.5, 0.6) is 0 Å². The minimum atomic E-state index is -4.99. The third-order valence-corrected chi connectivity index (χ3v) is 3.99. The van der Waals surface area contributed by atoms with Crippen molar-refractivity contribution in [1.82, 2.24) is 5.32 Å². The Morgan fingerprint density at radius 3 is 2.00 bits per heavy atom. The Morgan fingerprint density at radius 2 is 1.55 bits per heavy atom. The number of Topliss-reactive ketones (excluding diaryl/α,β-unsaturated/α-hetero) is 1. The van der Waals surface area contributed by atoms with Gasteiger partial charge in [0.15, 0.2) is 5.78 Å². The van der Waals surface area contributed by atoms with Crippen molar-refractivity contribution in [2.45, 2.75) is 51.2 Å². The number of hydrogen-bond donors (Lipinski definition) is 1. The molecule has 3 nitrogen and oxygen atoms in total. The fourth-order valence-electron chi connectivity index (χ4n) is 3.06. The summed E-state index contributed by atoms with van der Waals surface area (Å²) in [6.07, 6.45) is -3.27. The number of ketones is 1. The van der Waals surface area contributed by atoms with Gasteiger partial charge in [-0.05, 0) is 38.8 Å². The highest BCUT2D eigenvalue weighted by molar-refractivity contribution is 6.06. The number of carbonyl (C=O) groups is 2. The number of halogens is 3. The van der Waals surface area contributed by atoms with Gasteiger partial charge in [-0.15, -0.1) is 0 Å². The minimum Gasteiger partial charge on any atom is -0.335 e. The van der Waals surface area contributed by atoms with E-state index in [2.05, 4.69) is 0 Å². The van der Waals surface area contributed by atoms with Gasteiger partial charge in [0.05, 0.1) is 0 Å². The molecular weight excluding hydrogens is 295 g/mol. The highest BCUT2D eigenvalue weighted by atomic mass is 19.4. The summed E-state index contributed by atoms with van der Waals surface area (Å²) in [6, 6.07) is 5.18. The maximum absolute atomic E-state index is 12.8. The summed E-state index contributed by atoms with van der Waals surface area (Å²) in [4.78, 5) is 24.1. The first kappa shape index (κ1) is 16.5. The molecule has 22 heavy (non-hydrogen) atoms. The van der Waals surface area contributed by atoms with Crippen molar-refractivity contribution in [3.63, 3.8) is 0 Å². The topological polar surface area (TPSA) is 46.2 Å². The van der Waals surface area contributed by atoms with Gasteiger partial charge in [-0.2, -0.15) is 13.2 Å². The molecule has 0 bridgehead atoms. The molecule has 1 N–H and O–H groups in total. The summed E-state index contributed by atoms with van der Waals surface area (Å²) in [6.45, 7) is 3.64. The Bertz CT molecular complexity index is 582. The molecule has 0 aromatic heterocycles. The fraction of sp³-hybridized carbons (Fsp3) is 0.500. The number of rotatable bonds is 3. The summed E-state index contributed by atoms with van der Waals surface area (Å²) in [7, 11) is 0. The zero-order chi connectivity index (χ0) is 16.5. The van der Waals surface area contributed by atoms with Crippen LogP contribution in [0.15, 0.2) is 18.2 Å². The number of hydrogen-bond acceptors (Lipinski definition) is 2. The zero-order valence-corrected chi connectivity index (χ0v) is 12.5. The van der Waals surface area contributed by atoms with Crippen LogP contribution in [-0.4, -0.2) is 23.4 Å². The van der Waals surface area contributed by atoms with Gasteiger partial charge in [0, 0.05) is 5.56 Å². The van der Waals surface area contributed by atoms with Gasteiger partial charge in [0.1, 0.15) is 5.54 Å². The molecule has 0 saturated heterocycles. The van der Waals surface area contributed by atoms with E-state index in [1.807, 2.05) is 25.2 Å². The second-order valence-corrected chi connectivity index (χ2v) is 5.95. The molecule has 0 atom stereocenters. The number of amides is 1. The second kappa shape index (κ2) is 5.74. The second-order valence-electron chi connectivity index (χ2n) is 5.95. The van der Waals surface area contributed by atoms with Crippen molar-refractivity contribution in [3.05, 3.63) is 34.9 Å². The van der Waals surface area contributed by atoms with Gasteiger partial charge in [-0.3, -0.25) is 9.59 Å². The molecule has 1 amide bonds. The number of carbonyl (C=O) groups excluding carboxylic acids is 2. The third-order valence-electron chi connectivity index (χ3n) is 3.99. The lowest BCUT2D eigenvalue weighted by Crippen LogP contribution is -2.56. The van der Waals surface area contributed by atoms with E-state index >= 15 is 0 Å². The molecule has 0 aliphatic heterocycles. The molecule has 0 heterocycles. The molecule has 0 spiro atoms. The van der Waals surface area contributed by atoms with Gasteiger partial charge >= 0.3 is 12.1 Å². The van der Waals surface area contributed by atoms with Gasteiger partial charge in [-0.1, -0.05) is 30.0 Å². The van der Waals surface area contributed by atoms with Crippen LogP contribution in [0.25, 0.3) is 0 Å². The van der Waals surface area contributed by atoms with Crippen LogP contribution >= 0.6 is 0 Å². The Hall–Kier alpha value is -1.85. The van der Waals surface area contributed by atoms with E-state index in [1.165, 1.54) is 0 Å². The summed E-state index contributed by atoms with van der Waals surface area (Å²) in [5.74, 6) is -2.48. The van der Waals surface area contributed by atoms with Crippen LogP contribution in [-0.2, 0) is 4.79 Å². The molecule has 1 aromatic carbocycles. The lowest BCUT2D eigenvalue weighted by Gasteiger charge is -2.29. The first-order valence-corrected chi connectivity index (χ1v) is 7.16. The molecule has 6 heteroatoms. The zero-order valence-electron chi connectivity index (χ0n) is 12.5. The normalized spacial score (nSPS) is 17.3. The molecular formula is C16H18F3NO2. The van der Waals surface area contributed by atoms with E-state index in [0.29, 0.717) is 18.4 Å². The van der Waals surface area contributed by atoms with Crippen molar-refractivity contribution in [3.8, 4) is 0 Å². The maximum atomic E-state index is 12.8. The largest absolute Gasteiger partial charge is 0.471 e. The minimum absolute atomic E-state index is 0.237. The van der Waals surface area contributed by atoms with Crippen LogP contribution in [0.2, 0.25) is 0 Å². The number of nitrogens with one attached hydrogen (secondary N) is 1. The molecule has 1 aromatic rings. The Kier molecular flexibility index (Phi) is 4.31. The number of alkyl halides is 3. The summed E-state index contributed by atoms with van der Waals surface area (Å²) in [5.41, 5.74) is 0.631. The predicted molar refractivity (Wildman–Crippen MR) is 75.6 cm³/mol. The van der Waals surface area contributed by atoms with E-state index in [-0.39, 0.29) is 12.8 Å². The number of benzene rings is 1. The highest BCUT2D eigenvalue weighted by Gasteiger charge is 2.48. The molecule has 0 radical (unpaired) electrons. The molecule has 1 saturated carbocycles. The summed E-state index contributed by atoms with van der Waals surface area (Å²) >= 11 is 0. The first-order chi connectivity index (χ1) is 10.1. The van der Waals surface area contributed by atoms with E-state index in [4.69, 9.17) is 0 Å². The third kappa shape index (κ3) is 3.31. The van der Waals surface area contributed by atoms with E-state index < -0.39 is 23.4 Å². The average Bonchev–Trinajstić information content (AvgIpc) is 2.85. The Balaban J connectivity index is 2.34. The molecule has 2 rings (SSSR count). The predicted octanol–water partition coefficient (Wildman–Crippen LogP) is 3.48. The van der Waals surface area contributed by atoms with Crippen molar-refractivity contribution in [2.75, 3.05) is 0 Å². The van der Waals surface area contributed by atoms with E-state index in [1.54, 1.807) is 12.1 Å². The smallest absolute Gasteiger partial charge is 0.335 e. The first-order valence-electron chi connectivity index (χ1n) is 7.16. The summed E-state index contributed by atoms with van der Waals surface area (Å²) < 4.78 is 37.6. The molecule has 0 unspecified atom stereocenters. The molecule has 1 fully saturated rings. The van der Waals surface area contributed by atoms with Gasteiger partial charge in [0.25, 0.3) is 0 Å². The molecule has 1 aliphatic carbocycles. The van der Waals surface area contributed by atoms with E-state index in [9.17, 15) is 22.8 Å². The van der Waals surface area contributed by atoms with Crippen molar-refractivity contribution < 1.29 is 22.8 Å². The standard InChI is InChI=1S/C16H18F3NO2/c1-10-7-11(2)9-12(8-10)13(21)15(5-3-4-6-15)20-14(22)16(17,18)19/h7-9H,3-6H2,1-2H3,(H,20,22). The molecule has 1 aliphatic rings. The van der Waals surface area contributed by atoms with Crippen LogP contribution in [0.1, 0.15) is 47.2 Å². The SMILES string of the molecule is Cc1cc(C)cc(C(=O)C2(NC(=O)C(F)(F)F)CCCC2)c1. The van der Waals surface area contributed by atoms with Crippen molar-refractivity contribution >= 4 is 11.7 Å². The van der Waals surface area contributed by atoms with Gasteiger partial charge in [0.2, 0.25) is 0 Å². The van der Waals surface area contributed by atoms with Crippen LogP contribution in [0, 0.1) is 13.8 Å². The average molecular weight is 313 g/mol. The quantitative estimate of drug-likeness (QED) is 0.869. The fourth-order valence-corrected chi connectivity index (χ4v) is 3.06. The van der Waals surface area contributed by atoms with Crippen LogP contribution in [0.4, 0.5) is 13.2 Å². The lowest BCUT2D eigenvalue weighted by molar-refractivity contribution is -0.175. The van der Waals surface area contributed by atoms with Crippen LogP contribution in [0.3, 0.4) is 0 Å². The Morgan fingerprint density at radius 1 is 1.05 bits per heavy atom. The van der Waals surface area contributed by atoms with Gasteiger partial charge in [-0.25, -0.2) is 0 Å². The van der Waals surface area contributed by atoms with Gasteiger partial charge < -0.3 is 5.32 Å². The van der Waals surface area contributed by atoms with Crippen molar-refractivity contribution in [1.29, 1.82) is 0 Å². The Labute approximate surface area is 126 Å². The molecule has 120 valence electrons.